The zero-order valence-corrected chi connectivity index (χ0v) is 11.0. The molecule has 2 rings (SSSR count). The number of anilines is 2. The van der Waals surface area contributed by atoms with Crippen LogP contribution in [-0.4, -0.2) is 30.5 Å². The number of aromatic nitrogens is 1. The van der Waals surface area contributed by atoms with Crippen LogP contribution in [0, 0.1) is 5.92 Å². The first-order valence-electron chi connectivity index (χ1n) is 6.56. The molecule has 0 aliphatic carbocycles. The predicted molar refractivity (Wildman–Crippen MR) is 76.8 cm³/mol. The Kier molecular flexibility index (Phi) is 4.39. The SMILES string of the molecule is C=CC(=O)NCC1CCCN(c2ccnc(N)c2)C1. The number of carbonyl (C=O) groups is 1. The van der Waals surface area contributed by atoms with Gasteiger partial charge in [-0.15, -0.1) is 0 Å². The fraction of sp³-hybridized carbons (Fsp3) is 0.429. The van der Waals surface area contributed by atoms with Crippen molar-refractivity contribution in [2.24, 2.45) is 5.92 Å². The summed E-state index contributed by atoms with van der Waals surface area (Å²) in [5, 5.41) is 2.86. The first kappa shape index (κ1) is 13.4. The summed E-state index contributed by atoms with van der Waals surface area (Å²) in [6, 6.07) is 3.87. The molecule has 3 N–H and O–H groups in total. The molecule has 0 spiro atoms. The van der Waals surface area contributed by atoms with Crippen molar-refractivity contribution in [3.05, 3.63) is 31.0 Å². The van der Waals surface area contributed by atoms with Gasteiger partial charge in [-0.3, -0.25) is 4.79 Å². The van der Waals surface area contributed by atoms with E-state index in [-0.39, 0.29) is 5.91 Å². The quantitative estimate of drug-likeness (QED) is 0.798. The molecule has 1 aromatic heterocycles. The average molecular weight is 260 g/mol. The summed E-state index contributed by atoms with van der Waals surface area (Å²) in [4.78, 5) is 17.5. The summed E-state index contributed by atoms with van der Waals surface area (Å²) in [5.74, 6) is 0.900. The summed E-state index contributed by atoms with van der Waals surface area (Å²) in [5.41, 5.74) is 6.81. The van der Waals surface area contributed by atoms with Gasteiger partial charge in [0.25, 0.3) is 0 Å². The molecule has 5 heteroatoms. The number of nitrogen functional groups attached to an aromatic ring is 1. The fourth-order valence-corrected chi connectivity index (χ4v) is 2.42. The van der Waals surface area contributed by atoms with Gasteiger partial charge in [-0.1, -0.05) is 6.58 Å². The molecular weight excluding hydrogens is 240 g/mol. The van der Waals surface area contributed by atoms with Gasteiger partial charge in [0.1, 0.15) is 5.82 Å². The Hall–Kier alpha value is -2.04. The Labute approximate surface area is 113 Å². The van der Waals surface area contributed by atoms with Gasteiger partial charge in [0.15, 0.2) is 0 Å². The Morgan fingerprint density at radius 2 is 2.53 bits per heavy atom. The first-order chi connectivity index (χ1) is 9.19. The van der Waals surface area contributed by atoms with Crippen LogP contribution in [0.4, 0.5) is 11.5 Å². The number of nitrogens with two attached hydrogens (primary N) is 1. The highest BCUT2D eigenvalue weighted by molar-refractivity contribution is 5.86. The molecule has 1 atom stereocenters. The van der Waals surface area contributed by atoms with Crippen LogP contribution in [0.15, 0.2) is 31.0 Å². The lowest BCUT2D eigenvalue weighted by molar-refractivity contribution is -0.116. The van der Waals surface area contributed by atoms with Crippen molar-refractivity contribution in [3.63, 3.8) is 0 Å². The molecule has 19 heavy (non-hydrogen) atoms. The van der Waals surface area contributed by atoms with E-state index in [1.807, 2.05) is 12.1 Å². The third kappa shape index (κ3) is 3.71. The molecule has 102 valence electrons. The topological polar surface area (TPSA) is 71.2 Å². The molecule has 1 aliphatic heterocycles. The van der Waals surface area contributed by atoms with E-state index in [9.17, 15) is 4.79 Å². The largest absolute Gasteiger partial charge is 0.384 e. The minimum atomic E-state index is -0.106. The van der Waals surface area contributed by atoms with Gasteiger partial charge in [-0.05, 0) is 30.9 Å². The Balaban J connectivity index is 1.93. The minimum Gasteiger partial charge on any atom is -0.384 e. The number of nitrogens with one attached hydrogen (secondary N) is 1. The standard InChI is InChI=1S/C14H20N4O/c1-2-14(19)17-9-11-4-3-7-18(10-11)12-5-6-16-13(15)8-12/h2,5-6,8,11H,1,3-4,7,9-10H2,(H2,15,16)(H,17,19). The summed E-state index contributed by atoms with van der Waals surface area (Å²) < 4.78 is 0. The minimum absolute atomic E-state index is 0.106. The predicted octanol–water partition coefficient (Wildman–Crippen LogP) is 1.18. The maximum atomic E-state index is 11.2. The molecule has 1 aliphatic rings. The monoisotopic (exact) mass is 260 g/mol. The van der Waals surface area contributed by atoms with Gasteiger partial charge in [0.2, 0.25) is 5.91 Å². The number of piperidine rings is 1. The summed E-state index contributed by atoms with van der Waals surface area (Å²) in [6.45, 7) is 6.10. The number of carbonyl (C=O) groups excluding carboxylic acids is 1. The number of nitrogens with zero attached hydrogens (tertiary/aromatic N) is 2. The molecule has 1 saturated heterocycles. The second-order valence-corrected chi connectivity index (χ2v) is 4.84. The van der Waals surface area contributed by atoms with Crippen molar-refractivity contribution in [1.29, 1.82) is 0 Å². The van der Waals surface area contributed by atoms with E-state index in [2.05, 4.69) is 21.8 Å². The average Bonchev–Trinajstić information content (AvgIpc) is 2.45. The van der Waals surface area contributed by atoms with Crippen molar-refractivity contribution in [2.45, 2.75) is 12.8 Å². The van der Waals surface area contributed by atoms with Crippen LogP contribution in [0.3, 0.4) is 0 Å². The van der Waals surface area contributed by atoms with E-state index in [4.69, 9.17) is 5.73 Å². The molecule has 0 aromatic carbocycles. The molecule has 5 nitrogen and oxygen atoms in total. The summed E-state index contributed by atoms with van der Waals surface area (Å²) >= 11 is 0. The van der Waals surface area contributed by atoms with Crippen LogP contribution >= 0.6 is 0 Å². The van der Waals surface area contributed by atoms with Crippen molar-refractivity contribution in [2.75, 3.05) is 30.3 Å². The fourth-order valence-electron chi connectivity index (χ4n) is 2.42. The number of rotatable bonds is 4. The van der Waals surface area contributed by atoms with Gasteiger partial charge in [-0.2, -0.15) is 0 Å². The van der Waals surface area contributed by atoms with Crippen LogP contribution in [0.5, 0.6) is 0 Å². The Bertz CT molecular complexity index is 461. The van der Waals surface area contributed by atoms with Crippen LogP contribution in [-0.2, 0) is 4.79 Å². The second-order valence-electron chi connectivity index (χ2n) is 4.84. The van der Waals surface area contributed by atoms with E-state index in [1.165, 1.54) is 6.08 Å². The Morgan fingerprint density at radius 3 is 3.26 bits per heavy atom. The van der Waals surface area contributed by atoms with E-state index < -0.39 is 0 Å². The molecule has 1 fully saturated rings. The summed E-state index contributed by atoms with van der Waals surface area (Å²) in [7, 11) is 0. The van der Waals surface area contributed by atoms with Gasteiger partial charge >= 0.3 is 0 Å². The van der Waals surface area contributed by atoms with Gasteiger partial charge in [0, 0.05) is 37.6 Å². The molecule has 0 radical (unpaired) electrons. The van der Waals surface area contributed by atoms with Crippen molar-refractivity contribution in [1.82, 2.24) is 10.3 Å². The third-order valence-electron chi connectivity index (χ3n) is 3.40. The molecule has 0 saturated carbocycles. The van der Waals surface area contributed by atoms with E-state index >= 15 is 0 Å². The second kappa shape index (κ2) is 6.22. The zero-order valence-electron chi connectivity index (χ0n) is 11.0. The number of pyridine rings is 1. The van der Waals surface area contributed by atoms with E-state index in [0.29, 0.717) is 18.3 Å². The van der Waals surface area contributed by atoms with Crippen LogP contribution < -0.4 is 16.0 Å². The third-order valence-corrected chi connectivity index (χ3v) is 3.40. The molecule has 0 bridgehead atoms. The lowest BCUT2D eigenvalue weighted by atomic mass is 9.97. The van der Waals surface area contributed by atoms with E-state index in [0.717, 1.165) is 31.6 Å². The highest BCUT2D eigenvalue weighted by Gasteiger charge is 2.20. The highest BCUT2D eigenvalue weighted by Crippen LogP contribution is 2.23. The van der Waals surface area contributed by atoms with Crippen LogP contribution in [0.1, 0.15) is 12.8 Å². The summed E-state index contributed by atoms with van der Waals surface area (Å²) in [6.07, 6.45) is 5.29. The molecule has 1 unspecified atom stereocenters. The lowest BCUT2D eigenvalue weighted by Gasteiger charge is -2.34. The molecule has 1 amide bonds. The van der Waals surface area contributed by atoms with Gasteiger partial charge in [0.05, 0.1) is 0 Å². The van der Waals surface area contributed by atoms with Crippen LogP contribution in [0.2, 0.25) is 0 Å². The number of hydrogen-bond acceptors (Lipinski definition) is 4. The van der Waals surface area contributed by atoms with Crippen molar-refractivity contribution < 1.29 is 4.79 Å². The van der Waals surface area contributed by atoms with Gasteiger partial charge in [-0.25, -0.2) is 4.98 Å². The number of amides is 1. The molecule has 1 aromatic rings. The van der Waals surface area contributed by atoms with Gasteiger partial charge < -0.3 is 16.0 Å². The highest BCUT2D eigenvalue weighted by atomic mass is 16.1. The number of hydrogen-bond donors (Lipinski definition) is 2. The lowest BCUT2D eigenvalue weighted by Crippen LogP contribution is -2.40. The molecule has 2 heterocycles. The smallest absolute Gasteiger partial charge is 0.243 e. The maximum absolute atomic E-state index is 11.2. The zero-order chi connectivity index (χ0) is 13.7. The van der Waals surface area contributed by atoms with Crippen LogP contribution in [0.25, 0.3) is 0 Å². The molecular formula is C14H20N4O. The van der Waals surface area contributed by atoms with E-state index in [1.54, 1.807) is 6.20 Å². The maximum Gasteiger partial charge on any atom is 0.243 e. The Morgan fingerprint density at radius 1 is 1.68 bits per heavy atom. The van der Waals surface area contributed by atoms with Crippen molar-refractivity contribution in [3.8, 4) is 0 Å². The first-order valence-corrected chi connectivity index (χ1v) is 6.56. The normalized spacial score (nSPS) is 18.9. The van der Waals surface area contributed by atoms with Crippen molar-refractivity contribution >= 4 is 17.4 Å².